The summed E-state index contributed by atoms with van der Waals surface area (Å²) in [6.07, 6.45) is 1.68. The molecule has 0 bridgehead atoms. The van der Waals surface area contributed by atoms with E-state index in [2.05, 4.69) is 20.9 Å². The SMILES string of the molecule is CC(=O)c1cc(Br)c(C)cn1. The summed E-state index contributed by atoms with van der Waals surface area (Å²) >= 11 is 3.32. The summed E-state index contributed by atoms with van der Waals surface area (Å²) in [5.41, 5.74) is 1.54. The first-order chi connectivity index (χ1) is 5.11. The average molecular weight is 214 g/mol. The Morgan fingerprint density at radius 3 is 2.73 bits per heavy atom. The number of ketones is 1. The van der Waals surface area contributed by atoms with Gasteiger partial charge in [0.05, 0.1) is 0 Å². The summed E-state index contributed by atoms with van der Waals surface area (Å²) < 4.78 is 0.928. The minimum Gasteiger partial charge on any atom is -0.293 e. The van der Waals surface area contributed by atoms with Crippen LogP contribution in [0.4, 0.5) is 0 Å². The number of hydrogen-bond acceptors (Lipinski definition) is 2. The van der Waals surface area contributed by atoms with E-state index >= 15 is 0 Å². The van der Waals surface area contributed by atoms with E-state index in [-0.39, 0.29) is 5.78 Å². The smallest absolute Gasteiger partial charge is 0.178 e. The van der Waals surface area contributed by atoms with Crippen LogP contribution in [-0.4, -0.2) is 10.8 Å². The van der Waals surface area contributed by atoms with Gasteiger partial charge in [0, 0.05) is 17.6 Å². The monoisotopic (exact) mass is 213 g/mol. The standard InChI is InChI=1S/C8H8BrNO/c1-5-4-10-8(6(2)11)3-7(5)9/h3-4H,1-2H3. The van der Waals surface area contributed by atoms with Crippen LogP contribution in [-0.2, 0) is 0 Å². The average Bonchev–Trinajstić information content (AvgIpc) is 1.94. The second-order valence-corrected chi connectivity index (χ2v) is 3.23. The molecule has 58 valence electrons. The number of aromatic nitrogens is 1. The van der Waals surface area contributed by atoms with Crippen molar-refractivity contribution in [3.05, 3.63) is 28.0 Å². The van der Waals surface area contributed by atoms with Crippen LogP contribution in [0.25, 0.3) is 0 Å². The highest BCUT2D eigenvalue weighted by Crippen LogP contribution is 2.15. The van der Waals surface area contributed by atoms with Crippen LogP contribution in [0.2, 0.25) is 0 Å². The molecule has 0 atom stereocenters. The van der Waals surface area contributed by atoms with Crippen molar-refractivity contribution < 1.29 is 4.79 Å². The van der Waals surface area contributed by atoms with Crippen LogP contribution < -0.4 is 0 Å². The van der Waals surface area contributed by atoms with E-state index in [4.69, 9.17) is 0 Å². The lowest BCUT2D eigenvalue weighted by atomic mass is 10.2. The molecule has 0 spiro atoms. The van der Waals surface area contributed by atoms with E-state index in [1.807, 2.05) is 6.92 Å². The fourth-order valence-corrected chi connectivity index (χ4v) is 1.01. The summed E-state index contributed by atoms with van der Waals surface area (Å²) in [6, 6.07) is 1.73. The minimum atomic E-state index is -0.00861. The number of Topliss-reactive ketones (excluding diaryl/α,β-unsaturated/α-hetero) is 1. The number of aryl methyl sites for hydroxylation is 1. The Bertz CT molecular complexity index is 296. The summed E-state index contributed by atoms with van der Waals surface area (Å²) in [7, 11) is 0. The Morgan fingerprint density at radius 2 is 2.27 bits per heavy atom. The Balaban J connectivity index is 3.15. The summed E-state index contributed by atoms with van der Waals surface area (Å²) in [5.74, 6) is -0.00861. The van der Waals surface area contributed by atoms with Crippen LogP contribution in [0.1, 0.15) is 23.0 Å². The highest BCUT2D eigenvalue weighted by atomic mass is 79.9. The molecule has 1 rings (SSSR count). The van der Waals surface area contributed by atoms with E-state index in [0.29, 0.717) is 5.69 Å². The van der Waals surface area contributed by atoms with Crippen molar-refractivity contribution in [2.24, 2.45) is 0 Å². The van der Waals surface area contributed by atoms with Crippen molar-refractivity contribution in [3.63, 3.8) is 0 Å². The molecular weight excluding hydrogens is 206 g/mol. The largest absolute Gasteiger partial charge is 0.293 e. The zero-order chi connectivity index (χ0) is 8.43. The Labute approximate surface area is 73.8 Å². The molecule has 0 unspecified atom stereocenters. The molecule has 0 aromatic carbocycles. The molecule has 0 aliphatic heterocycles. The lowest BCUT2D eigenvalue weighted by Gasteiger charge is -1.98. The fraction of sp³-hybridized carbons (Fsp3) is 0.250. The van der Waals surface area contributed by atoms with Crippen molar-refractivity contribution in [3.8, 4) is 0 Å². The van der Waals surface area contributed by atoms with Crippen molar-refractivity contribution in [2.45, 2.75) is 13.8 Å². The molecule has 1 heterocycles. The van der Waals surface area contributed by atoms with Crippen molar-refractivity contribution in [1.82, 2.24) is 4.98 Å². The number of nitrogens with zero attached hydrogens (tertiary/aromatic N) is 1. The molecule has 0 aliphatic rings. The first-order valence-corrected chi connectivity index (χ1v) is 4.03. The third kappa shape index (κ3) is 1.87. The number of carbonyl (C=O) groups excluding carboxylic acids is 1. The number of hydrogen-bond donors (Lipinski definition) is 0. The molecule has 1 aromatic rings. The highest BCUT2D eigenvalue weighted by molar-refractivity contribution is 9.10. The number of rotatable bonds is 1. The third-order valence-corrected chi connectivity index (χ3v) is 2.25. The molecular formula is C8H8BrNO. The van der Waals surface area contributed by atoms with E-state index in [0.717, 1.165) is 10.0 Å². The maximum atomic E-state index is 10.8. The highest BCUT2D eigenvalue weighted by Gasteiger charge is 2.02. The maximum absolute atomic E-state index is 10.8. The summed E-state index contributed by atoms with van der Waals surface area (Å²) in [6.45, 7) is 3.44. The Hall–Kier alpha value is -0.700. The maximum Gasteiger partial charge on any atom is 0.178 e. The van der Waals surface area contributed by atoms with Crippen LogP contribution in [0.15, 0.2) is 16.7 Å². The van der Waals surface area contributed by atoms with Crippen LogP contribution in [0, 0.1) is 6.92 Å². The summed E-state index contributed by atoms with van der Waals surface area (Å²) in [4.78, 5) is 14.8. The lowest BCUT2D eigenvalue weighted by Crippen LogP contribution is -1.96. The minimum absolute atomic E-state index is 0.00861. The molecule has 2 nitrogen and oxygen atoms in total. The Morgan fingerprint density at radius 1 is 1.64 bits per heavy atom. The normalized spacial score (nSPS) is 9.73. The van der Waals surface area contributed by atoms with Gasteiger partial charge in [0.1, 0.15) is 5.69 Å². The van der Waals surface area contributed by atoms with Gasteiger partial charge in [-0.3, -0.25) is 9.78 Å². The first-order valence-electron chi connectivity index (χ1n) is 3.24. The van der Waals surface area contributed by atoms with Crippen LogP contribution >= 0.6 is 15.9 Å². The van der Waals surface area contributed by atoms with Gasteiger partial charge in [0.25, 0.3) is 0 Å². The van der Waals surface area contributed by atoms with Gasteiger partial charge in [0.2, 0.25) is 0 Å². The molecule has 3 heteroatoms. The van der Waals surface area contributed by atoms with Crippen molar-refractivity contribution in [1.29, 1.82) is 0 Å². The van der Waals surface area contributed by atoms with Crippen molar-refractivity contribution in [2.75, 3.05) is 0 Å². The molecule has 1 aromatic heterocycles. The second kappa shape index (κ2) is 3.13. The van der Waals surface area contributed by atoms with E-state index < -0.39 is 0 Å². The molecule has 0 radical (unpaired) electrons. The van der Waals surface area contributed by atoms with E-state index in [1.54, 1.807) is 12.3 Å². The number of carbonyl (C=O) groups is 1. The topological polar surface area (TPSA) is 30.0 Å². The van der Waals surface area contributed by atoms with Gasteiger partial charge < -0.3 is 0 Å². The predicted octanol–water partition coefficient (Wildman–Crippen LogP) is 2.36. The molecule has 0 N–H and O–H groups in total. The zero-order valence-corrected chi connectivity index (χ0v) is 7.97. The van der Waals surface area contributed by atoms with E-state index in [1.165, 1.54) is 6.92 Å². The van der Waals surface area contributed by atoms with Gasteiger partial charge in [0.15, 0.2) is 5.78 Å². The second-order valence-electron chi connectivity index (χ2n) is 2.37. The molecule has 0 saturated carbocycles. The van der Waals surface area contributed by atoms with Gasteiger partial charge in [-0.2, -0.15) is 0 Å². The number of halogens is 1. The van der Waals surface area contributed by atoms with Gasteiger partial charge in [-0.1, -0.05) is 15.9 Å². The molecule has 11 heavy (non-hydrogen) atoms. The van der Waals surface area contributed by atoms with Crippen molar-refractivity contribution >= 4 is 21.7 Å². The number of pyridine rings is 1. The van der Waals surface area contributed by atoms with Gasteiger partial charge in [-0.05, 0) is 18.6 Å². The zero-order valence-electron chi connectivity index (χ0n) is 6.39. The molecule has 0 amide bonds. The molecule has 0 aliphatic carbocycles. The molecule has 0 fully saturated rings. The fourth-order valence-electron chi connectivity index (χ4n) is 0.692. The van der Waals surface area contributed by atoms with Crippen LogP contribution in [0.5, 0.6) is 0 Å². The van der Waals surface area contributed by atoms with Gasteiger partial charge in [-0.25, -0.2) is 0 Å². The van der Waals surface area contributed by atoms with E-state index in [9.17, 15) is 4.79 Å². The molecule has 0 saturated heterocycles. The lowest BCUT2D eigenvalue weighted by molar-refractivity contribution is 0.101. The summed E-state index contributed by atoms with van der Waals surface area (Å²) in [5, 5.41) is 0. The van der Waals surface area contributed by atoms with Gasteiger partial charge in [-0.15, -0.1) is 0 Å². The predicted molar refractivity (Wildman–Crippen MR) is 46.7 cm³/mol. The van der Waals surface area contributed by atoms with Gasteiger partial charge >= 0.3 is 0 Å². The Kier molecular flexibility index (Phi) is 2.39. The third-order valence-electron chi connectivity index (χ3n) is 1.40. The first kappa shape index (κ1) is 8.40. The van der Waals surface area contributed by atoms with Crippen LogP contribution in [0.3, 0.4) is 0 Å². The quantitative estimate of drug-likeness (QED) is 0.671.